The minimum Gasteiger partial charge on any atom is -0.387 e. The van der Waals surface area contributed by atoms with Gasteiger partial charge in [-0.1, -0.05) is 62.4 Å². The van der Waals surface area contributed by atoms with Gasteiger partial charge in [-0.15, -0.1) is 0 Å². The number of rotatable bonds is 9. The number of aliphatic hydroxyl groups is 1. The summed E-state index contributed by atoms with van der Waals surface area (Å²) in [5.74, 6) is 1.13. The highest BCUT2D eigenvalue weighted by molar-refractivity contribution is 5.78. The molecule has 2 atom stereocenters. The minimum atomic E-state index is -0.534. The van der Waals surface area contributed by atoms with Gasteiger partial charge in [-0.25, -0.2) is 0 Å². The minimum absolute atomic E-state index is 0.0523. The van der Waals surface area contributed by atoms with Crippen LogP contribution in [0, 0.1) is 5.92 Å². The molecule has 1 aromatic rings. The van der Waals surface area contributed by atoms with Crippen LogP contribution in [0.1, 0.15) is 70.0 Å². The maximum atomic E-state index is 12.0. The molecule has 128 valence electrons. The van der Waals surface area contributed by atoms with Gasteiger partial charge in [0.15, 0.2) is 0 Å². The first kappa shape index (κ1) is 18.2. The van der Waals surface area contributed by atoms with Gasteiger partial charge in [0.05, 0.1) is 6.10 Å². The quantitative estimate of drug-likeness (QED) is 0.723. The van der Waals surface area contributed by atoms with E-state index in [-0.39, 0.29) is 6.04 Å². The molecule has 3 heteroatoms. The monoisotopic (exact) mass is 317 g/mol. The fraction of sp³-hybridized carbons (Fsp3) is 0.650. The zero-order valence-corrected chi connectivity index (χ0v) is 14.3. The molecule has 0 saturated heterocycles. The second-order valence-electron chi connectivity index (χ2n) is 6.93. The topological polar surface area (TPSA) is 49.3 Å². The molecule has 1 saturated carbocycles. The standard InChI is InChI=1S/C20H31NO2/c1-16(20(23)18-10-6-3-7-11-18)21-15-14-19(22)13-12-17-8-4-2-5-9-17/h3,6-7,10-11,16-17,20-21,23H,2,4-5,8-9,12-15H2,1H3. The van der Waals surface area contributed by atoms with Gasteiger partial charge >= 0.3 is 0 Å². The summed E-state index contributed by atoms with van der Waals surface area (Å²) in [6.45, 7) is 2.61. The van der Waals surface area contributed by atoms with Crippen molar-refractivity contribution in [3.8, 4) is 0 Å². The lowest BCUT2D eigenvalue weighted by Crippen LogP contribution is -2.33. The van der Waals surface area contributed by atoms with Crippen LogP contribution in [0.3, 0.4) is 0 Å². The van der Waals surface area contributed by atoms with Crippen molar-refractivity contribution in [3.05, 3.63) is 35.9 Å². The molecule has 0 amide bonds. The van der Waals surface area contributed by atoms with Gasteiger partial charge in [-0.3, -0.25) is 4.79 Å². The smallest absolute Gasteiger partial charge is 0.134 e. The predicted molar refractivity (Wildman–Crippen MR) is 94.3 cm³/mol. The van der Waals surface area contributed by atoms with Crippen molar-refractivity contribution in [1.29, 1.82) is 0 Å². The van der Waals surface area contributed by atoms with Gasteiger partial charge in [-0.05, 0) is 24.8 Å². The highest BCUT2D eigenvalue weighted by Crippen LogP contribution is 2.27. The summed E-state index contributed by atoms with van der Waals surface area (Å²) in [4.78, 5) is 12.0. The Morgan fingerprint density at radius 3 is 2.57 bits per heavy atom. The number of ketones is 1. The third kappa shape index (κ3) is 6.44. The average Bonchev–Trinajstić information content (AvgIpc) is 2.61. The summed E-state index contributed by atoms with van der Waals surface area (Å²) in [7, 11) is 0. The summed E-state index contributed by atoms with van der Waals surface area (Å²) in [6.07, 6.45) is 8.51. The molecule has 2 unspecified atom stereocenters. The van der Waals surface area contributed by atoms with Gasteiger partial charge in [0, 0.05) is 25.4 Å². The van der Waals surface area contributed by atoms with Crippen molar-refractivity contribution in [2.75, 3.05) is 6.54 Å². The SMILES string of the molecule is CC(NCCC(=O)CCC1CCCCC1)C(O)c1ccccc1. The predicted octanol–water partition coefficient (Wildman–Crippen LogP) is 4.02. The van der Waals surface area contributed by atoms with E-state index >= 15 is 0 Å². The van der Waals surface area contributed by atoms with E-state index in [1.54, 1.807) is 0 Å². The molecule has 1 fully saturated rings. The number of aliphatic hydroxyl groups excluding tert-OH is 1. The molecule has 3 nitrogen and oxygen atoms in total. The van der Waals surface area contributed by atoms with Crippen molar-refractivity contribution >= 4 is 5.78 Å². The van der Waals surface area contributed by atoms with Crippen molar-refractivity contribution < 1.29 is 9.90 Å². The van der Waals surface area contributed by atoms with Crippen LogP contribution in [0.4, 0.5) is 0 Å². The zero-order chi connectivity index (χ0) is 16.5. The number of hydrogen-bond acceptors (Lipinski definition) is 3. The molecule has 0 heterocycles. The van der Waals surface area contributed by atoms with Crippen LogP contribution in [0.15, 0.2) is 30.3 Å². The lowest BCUT2D eigenvalue weighted by molar-refractivity contribution is -0.119. The summed E-state index contributed by atoms with van der Waals surface area (Å²) in [5.41, 5.74) is 0.913. The first-order chi connectivity index (χ1) is 11.2. The molecule has 1 aliphatic rings. The molecule has 0 bridgehead atoms. The van der Waals surface area contributed by atoms with E-state index in [0.717, 1.165) is 24.3 Å². The van der Waals surface area contributed by atoms with Crippen molar-refractivity contribution in [2.24, 2.45) is 5.92 Å². The van der Waals surface area contributed by atoms with Crippen LogP contribution in [-0.2, 0) is 4.79 Å². The summed E-state index contributed by atoms with van der Waals surface area (Å²) >= 11 is 0. The van der Waals surface area contributed by atoms with E-state index in [1.807, 2.05) is 37.3 Å². The zero-order valence-electron chi connectivity index (χ0n) is 14.3. The van der Waals surface area contributed by atoms with Crippen LogP contribution in [0.5, 0.6) is 0 Å². The second-order valence-corrected chi connectivity index (χ2v) is 6.93. The molecule has 1 aliphatic carbocycles. The largest absolute Gasteiger partial charge is 0.387 e. The fourth-order valence-electron chi connectivity index (χ4n) is 3.46. The maximum Gasteiger partial charge on any atom is 0.134 e. The first-order valence-electron chi connectivity index (χ1n) is 9.15. The Kier molecular flexibility index (Phi) is 7.77. The van der Waals surface area contributed by atoms with Gasteiger partial charge in [-0.2, -0.15) is 0 Å². The molecule has 2 N–H and O–H groups in total. The third-order valence-corrected chi connectivity index (χ3v) is 5.04. The Morgan fingerprint density at radius 1 is 1.17 bits per heavy atom. The van der Waals surface area contributed by atoms with Gasteiger partial charge < -0.3 is 10.4 Å². The first-order valence-corrected chi connectivity index (χ1v) is 9.15. The Hall–Kier alpha value is -1.19. The van der Waals surface area contributed by atoms with Crippen molar-refractivity contribution in [3.63, 3.8) is 0 Å². The maximum absolute atomic E-state index is 12.0. The average molecular weight is 317 g/mol. The molecule has 0 radical (unpaired) electrons. The van der Waals surface area contributed by atoms with E-state index in [9.17, 15) is 9.90 Å². The molecule has 23 heavy (non-hydrogen) atoms. The van der Waals surface area contributed by atoms with Gasteiger partial charge in [0.1, 0.15) is 5.78 Å². The number of hydrogen-bond donors (Lipinski definition) is 2. The highest BCUT2D eigenvalue weighted by atomic mass is 16.3. The number of carbonyl (C=O) groups is 1. The van der Waals surface area contributed by atoms with Crippen molar-refractivity contribution in [2.45, 2.75) is 70.4 Å². The molecular weight excluding hydrogens is 286 g/mol. The van der Waals surface area contributed by atoms with E-state index < -0.39 is 6.10 Å². The Balaban J connectivity index is 1.60. The molecular formula is C20H31NO2. The van der Waals surface area contributed by atoms with Crippen LogP contribution < -0.4 is 5.32 Å². The Morgan fingerprint density at radius 2 is 1.87 bits per heavy atom. The van der Waals surface area contributed by atoms with Crippen molar-refractivity contribution in [1.82, 2.24) is 5.32 Å². The summed E-state index contributed by atoms with van der Waals surface area (Å²) in [6, 6.07) is 9.61. The lowest BCUT2D eigenvalue weighted by atomic mass is 9.85. The molecule has 0 aliphatic heterocycles. The number of nitrogens with one attached hydrogen (secondary N) is 1. The summed E-state index contributed by atoms with van der Waals surface area (Å²) < 4.78 is 0. The Bertz CT molecular complexity index is 454. The Labute approximate surface area is 140 Å². The molecule has 1 aromatic carbocycles. The van der Waals surface area contributed by atoms with E-state index in [0.29, 0.717) is 18.7 Å². The van der Waals surface area contributed by atoms with Crippen LogP contribution in [0.25, 0.3) is 0 Å². The third-order valence-electron chi connectivity index (χ3n) is 5.04. The van der Waals surface area contributed by atoms with Crippen LogP contribution in [0.2, 0.25) is 0 Å². The molecule has 0 spiro atoms. The van der Waals surface area contributed by atoms with Gasteiger partial charge in [0.2, 0.25) is 0 Å². The van der Waals surface area contributed by atoms with E-state index in [1.165, 1.54) is 32.1 Å². The van der Waals surface area contributed by atoms with Gasteiger partial charge in [0.25, 0.3) is 0 Å². The lowest BCUT2D eigenvalue weighted by Gasteiger charge is -2.21. The number of carbonyl (C=O) groups excluding carboxylic acids is 1. The number of benzene rings is 1. The highest BCUT2D eigenvalue weighted by Gasteiger charge is 2.17. The summed E-state index contributed by atoms with van der Waals surface area (Å²) in [5, 5.41) is 13.6. The number of Topliss-reactive ketones (excluding diaryl/α,β-unsaturated/α-hetero) is 1. The van der Waals surface area contributed by atoms with E-state index in [4.69, 9.17) is 0 Å². The molecule has 0 aromatic heterocycles. The van der Waals surface area contributed by atoms with Crippen LogP contribution in [-0.4, -0.2) is 23.5 Å². The second kappa shape index (κ2) is 9.84. The van der Waals surface area contributed by atoms with E-state index in [2.05, 4.69) is 5.32 Å². The molecule has 2 rings (SSSR count). The van der Waals surface area contributed by atoms with Crippen LogP contribution >= 0.6 is 0 Å². The fourth-order valence-corrected chi connectivity index (χ4v) is 3.46. The normalized spacial score (nSPS) is 18.5.